The minimum atomic E-state index is -2.93. The molecule has 14 nitrogen and oxygen atoms in total. The van der Waals surface area contributed by atoms with Crippen molar-refractivity contribution < 1.29 is 69.0 Å². The molecule has 15 heteroatoms. The van der Waals surface area contributed by atoms with Crippen LogP contribution in [0.2, 0.25) is 0 Å². The van der Waals surface area contributed by atoms with Gasteiger partial charge in [-0.15, -0.1) is 0 Å². The first-order chi connectivity index (χ1) is 34.4. The largest absolute Gasteiger partial charge is 0.460 e. The predicted molar refractivity (Wildman–Crippen MR) is 268 cm³/mol. The van der Waals surface area contributed by atoms with Gasteiger partial charge in [0.05, 0.1) is 24.4 Å². The summed E-state index contributed by atoms with van der Waals surface area (Å²) in [6.07, 6.45) is 5.11. The SMILES string of the molecule is [2H]C([2H])([2H])[C@@H]1/C=C(\C)[C@@H](O)[C@@H](OC)C(=C)[C@H](C)C[C@H](C)/C=C/C=C/C=C(\C)[C@@H](OC)C[C@@H]2CC([2H])([2H])[C@@H](C)[C@@](O)(O2)C(=O)C(=O)N2CCCC[C@H]2C(=O)O[C@H]([C@H](C)C[C@@H]2CC[C@@H](OP(C)(C)=O)[C@H](OC)C2)CC1=O. The van der Waals surface area contributed by atoms with Gasteiger partial charge in [0.2, 0.25) is 5.79 Å². The van der Waals surface area contributed by atoms with Gasteiger partial charge in [-0.05, 0) is 118 Å². The number of aliphatic hydroxyl groups is 2. The molecule has 3 aliphatic heterocycles. The molecule has 3 heterocycles. The lowest BCUT2D eigenvalue weighted by molar-refractivity contribution is -0.265. The highest BCUT2D eigenvalue weighted by atomic mass is 31.2. The maximum Gasteiger partial charge on any atom is 0.329 e. The van der Waals surface area contributed by atoms with Gasteiger partial charge in [0, 0.05) is 72.7 Å². The molecule has 15 atom stereocenters. The molecule has 4 rings (SSSR count). The van der Waals surface area contributed by atoms with Gasteiger partial charge in [-0.2, -0.15) is 0 Å². The zero-order valence-electron chi connectivity index (χ0n) is 48.0. The quantitative estimate of drug-likeness (QED) is 0.102. The Morgan fingerprint density at radius 1 is 0.957 bits per heavy atom. The number of esters is 1. The summed E-state index contributed by atoms with van der Waals surface area (Å²) in [7, 11) is 1.59. The van der Waals surface area contributed by atoms with Gasteiger partial charge in [0.1, 0.15) is 30.1 Å². The Bertz CT molecular complexity index is 2140. The number of ether oxygens (including phenoxy) is 5. The zero-order valence-corrected chi connectivity index (χ0v) is 43.9. The first-order valence-electron chi connectivity index (χ1n) is 27.3. The van der Waals surface area contributed by atoms with Crippen LogP contribution in [0, 0.1) is 35.5 Å². The van der Waals surface area contributed by atoms with Gasteiger partial charge in [-0.3, -0.25) is 18.9 Å². The number of piperidine rings is 1. The summed E-state index contributed by atoms with van der Waals surface area (Å²) in [5, 5.41) is 23.8. The predicted octanol–water partition coefficient (Wildman–Crippen LogP) is 8.73. The number of allylic oxidation sites excluding steroid dienone is 6. The lowest BCUT2D eigenvalue weighted by Gasteiger charge is -2.42. The second-order valence-electron chi connectivity index (χ2n) is 20.4. The van der Waals surface area contributed by atoms with E-state index in [0.717, 1.165) is 10.5 Å². The average Bonchev–Trinajstić information content (AvgIpc) is 3.32. The highest BCUT2D eigenvalue weighted by molar-refractivity contribution is 7.57. The van der Waals surface area contributed by atoms with Crippen molar-refractivity contribution in [2.45, 2.75) is 180 Å². The van der Waals surface area contributed by atoms with E-state index in [1.165, 1.54) is 47.5 Å². The van der Waals surface area contributed by atoms with Gasteiger partial charge >= 0.3 is 5.97 Å². The molecule has 0 aromatic carbocycles. The fraction of sp³-hybridized carbons (Fsp3) is 0.741. The summed E-state index contributed by atoms with van der Waals surface area (Å²) < 4.78 is 91.7. The molecule has 2 N–H and O–H groups in total. The van der Waals surface area contributed by atoms with Crippen molar-refractivity contribution in [3.8, 4) is 0 Å². The molecule has 2 saturated heterocycles. The molecule has 0 radical (unpaired) electrons. The molecule has 0 unspecified atom stereocenters. The highest BCUT2D eigenvalue weighted by Crippen LogP contribution is 2.45. The van der Waals surface area contributed by atoms with Crippen LogP contribution in [-0.2, 0) is 52.0 Å². The Labute approximate surface area is 420 Å². The third-order valence-corrected chi connectivity index (χ3v) is 15.3. The van der Waals surface area contributed by atoms with Gasteiger partial charge < -0.3 is 43.3 Å². The minimum absolute atomic E-state index is 0.0318. The van der Waals surface area contributed by atoms with Crippen LogP contribution in [0.25, 0.3) is 0 Å². The summed E-state index contributed by atoms with van der Waals surface area (Å²) in [6.45, 7) is 14.8. The van der Waals surface area contributed by atoms with Gasteiger partial charge in [-0.25, -0.2) is 4.79 Å². The van der Waals surface area contributed by atoms with Gasteiger partial charge in [-0.1, -0.05) is 77.6 Å². The zero-order chi connectivity index (χ0) is 55.7. The fourth-order valence-electron chi connectivity index (χ4n) is 10.2. The van der Waals surface area contributed by atoms with Crippen LogP contribution in [0.4, 0.5) is 0 Å². The molecular weight excluding hydrogens is 902 g/mol. The number of rotatable bonds is 8. The van der Waals surface area contributed by atoms with Crippen molar-refractivity contribution in [2.75, 3.05) is 41.2 Å². The second-order valence-corrected chi connectivity index (χ2v) is 23.1. The van der Waals surface area contributed by atoms with E-state index in [9.17, 15) is 34.0 Å². The molecule has 69 heavy (non-hydrogen) atoms. The highest BCUT2D eigenvalue weighted by Gasteiger charge is 2.53. The average molecular weight is 993 g/mol. The van der Waals surface area contributed by atoms with Gasteiger partial charge in [0.25, 0.3) is 11.7 Å². The number of hydrogen-bond donors (Lipinski definition) is 2. The number of carbonyl (C=O) groups excluding carboxylic acids is 4. The number of Topliss-reactive ketones (excluding diaryl/α,β-unsaturated/α-hetero) is 2. The molecule has 3 fully saturated rings. The molecule has 1 saturated carbocycles. The van der Waals surface area contributed by atoms with E-state index in [1.807, 2.05) is 51.2 Å². The van der Waals surface area contributed by atoms with Crippen molar-refractivity contribution in [3.63, 3.8) is 0 Å². The van der Waals surface area contributed by atoms with E-state index in [0.29, 0.717) is 50.5 Å². The van der Waals surface area contributed by atoms with Crippen LogP contribution in [0.1, 0.15) is 132 Å². The number of ketones is 2. The smallest absolute Gasteiger partial charge is 0.329 e. The van der Waals surface area contributed by atoms with Crippen molar-refractivity contribution in [3.05, 3.63) is 59.8 Å². The number of methoxy groups -OCH3 is 3. The molecule has 1 amide bonds. The number of fused-ring (bicyclic) bond motifs is 3. The van der Waals surface area contributed by atoms with Crippen molar-refractivity contribution in [1.82, 2.24) is 4.90 Å². The van der Waals surface area contributed by atoms with Crippen LogP contribution in [0.15, 0.2) is 59.8 Å². The van der Waals surface area contributed by atoms with E-state index in [2.05, 4.69) is 6.58 Å². The second kappa shape index (κ2) is 26.6. The molecule has 1 aliphatic carbocycles. The van der Waals surface area contributed by atoms with Crippen molar-refractivity contribution >= 4 is 30.8 Å². The van der Waals surface area contributed by atoms with E-state index in [-0.39, 0.29) is 49.1 Å². The summed E-state index contributed by atoms with van der Waals surface area (Å²) in [6, 6.07) is -1.37. The first-order valence-corrected chi connectivity index (χ1v) is 27.3. The van der Waals surface area contributed by atoms with E-state index in [4.69, 9.17) is 35.1 Å². The van der Waals surface area contributed by atoms with E-state index in [1.54, 1.807) is 14.0 Å². The summed E-state index contributed by atoms with van der Waals surface area (Å²) in [5.41, 5.74) is 1.48. The number of cyclic esters (lactones) is 1. The summed E-state index contributed by atoms with van der Waals surface area (Å²) in [4.78, 5) is 59.1. The number of nitrogens with zero attached hydrogens (tertiary/aromatic N) is 1. The Kier molecular flexibility index (Phi) is 19.6. The van der Waals surface area contributed by atoms with E-state index >= 15 is 0 Å². The maximum atomic E-state index is 14.6. The van der Waals surface area contributed by atoms with Crippen molar-refractivity contribution in [1.29, 1.82) is 0 Å². The fourth-order valence-corrected chi connectivity index (χ4v) is 11.1. The van der Waals surface area contributed by atoms with Crippen LogP contribution in [-0.4, -0.2) is 134 Å². The maximum absolute atomic E-state index is 14.6. The molecule has 390 valence electrons. The Balaban J connectivity index is 1.80. The van der Waals surface area contributed by atoms with Crippen LogP contribution in [0.3, 0.4) is 0 Å². The lowest BCUT2D eigenvalue weighted by Crippen LogP contribution is -2.61. The Morgan fingerprint density at radius 3 is 2.33 bits per heavy atom. The summed E-state index contributed by atoms with van der Waals surface area (Å²) in [5.74, 6) is -11.4. The number of amides is 1. The van der Waals surface area contributed by atoms with Crippen LogP contribution in [0.5, 0.6) is 0 Å². The standard InChI is InChI=1S/C54H86NO13P/c1-33-19-15-14-16-20-34(2)46(63-9)31-42-24-22-39(7)54(61,67-42)51(58)52(59)55-26-18-17-21-43(55)53(60)66-47(37(5)29-41-23-25-45(48(30-41)64-10)68-69(12,13)62)32-44(56)36(4)28-38(6)49(57)50(65-11)40(8)35(3)27-33/h14-16,19-20,28,33,35-37,39,41-43,45-50,57,61H,8,17-18,21-27,29-32H2,1-7,9-13H3/b16-14+,19-15+,34-20+,38-28+/t33-,35-,36-,37-,39-,41+,42+,43+,45-,46+,47+,48-,49-,50+,54-/m1/s1/i4D3,22D2. The third kappa shape index (κ3) is 16.2. The third-order valence-electron chi connectivity index (χ3n) is 14.5. The molecule has 0 spiro atoms. The number of aliphatic hydroxyl groups excluding tert-OH is 1. The normalized spacial score (nSPS) is 41.0. The first kappa shape index (κ1) is 50.9. The molecular formula is C54H86NO13P. The van der Waals surface area contributed by atoms with Crippen molar-refractivity contribution in [2.24, 2.45) is 35.5 Å². The van der Waals surface area contributed by atoms with Crippen LogP contribution < -0.4 is 0 Å². The van der Waals surface area contributed by atoms with Gasteiger partial charge in [0.15, 0.2) is 7.37 Å². The lowest BCUT2D eigenvalue weighted by atomic mass is 9.78. The molecule has 0 aromatic rings. The number of carbonyl (C=O) groups is 4. The number of hydrogen-bond acceptors (Lipinski definition) is 13. The minimum Gasteiger partial charge on any atom is -0.460 e. The van der Waals surface area contributed by atoms with Crippen LogP contribution >= 0.6 is 7.37 Å². The summed E-state index contributed by atoms with van der Waals surface area (Å²) >= 11 is 0. The molecule has 0 aromatic heterocycles. The Hall–Kier alpha value is -3.07. The van der Waals surface area contributed by atoms with E-state index < -0.39 is 123 Å². The molecule has 2 bridgehead atoms. The topological polar surface area (TPSA) is 184 Å². The Morgan fingerprint density at radius 2 is 1.68 bits per heavy atom. The molecule has 4 aliphatic rings. The monoisotopic (exact) mass is 993 g/mol.